The van der Waals surface area contributed by atoms with Crippen molar-refractivity contribution in [2.24, 2.45) is 108 Å². The Hall–Kier alpha value is -9.07. The van der Waals surface area contributed by atoms with Gasteiger partial charge in [-0.05, 0) is 147 Å². The number of aliphatic hydroxyl groups excluding tert-OH is 1. The zero-order valence-corrected chi connectivity index (χ0v) is 91.0. The summed E-state index contributed by atoms with van der Waals surface area (Å²) < 4.78 is 2.01. The molecule has 33 heteroatoms. The third-order valence-electron chi connectivity index (χ3n) is 16.7. The number of aromatic nitrogens is 16. The van der Waals surface area contributed by atoms with Gasteiger partial charge >= 0.3 is 11.6 Å². The van der Waals surface area contributed by atoms with Crippen molar-refractivity contribution in [3.8, 4) is 0 Å². The number of carbonyl (C=O) groups excluding carboxylic acids is 5. The van der Waals surface area contributed by atoms with E-state index >= 15 is 0 Å². The number of aliphatic imine (C=N–C) groups is 2. The van der Waals surface area contributed by atoms with E-state index < -0.39 is 0 Å². The number of H-pyrrole nitrogens is 5. The van der Waals surface area contributed by atoms with Crippen molar-refractivity contribution in [3.63, 3.8) is 0 Å². The van der Waals surface area contributed by atoms with Gasteiger partial charge in [-0.2, -0.15) is 9.91 Å². The number of primary amides is 2. The molecule has 16 N–H and O–H groups in total. The predicted molar refractivity (Wildman–Crippen MR) is 536 cm³/mol. The van der Waals surface area contributed by atoms with Crippen molar-refractivity contribution in [1.82, 2.24) is 82.0 Å². The fourth-order valence-corrected chi connectivity index (χ4v) is 7.65. The van der Waals surface area contributed by atoms with Crippen LogP contribution in [-0.4, -0.2) is 165 Å². The van der Waals surface area contributed by atoms with Gasteiger partial charge in [-0.3, -0.25) is 34.0 Å². The Morgan fingerprint density at radius 1 is 0.419 bits per heavy atom. The summed E-state index contributed by atoms with van der Waals surface area (Å²) in [6, 6.07) is 2.36. The van der Waals surface area contributed by atoms with E-state index in [1.807, 2.05) is 175 Å². The van der Waals surface area contributed by atoms with Crippen molar-refractivity contribution in [2.45, 2.75) is 436 Å². The van der Waals surface area contributed by atoms with E-state index in [0.717, 1.165) is 53.8 Å². The fourth-order valence-electron chi connectivity index (χ4n) is 7.65. The van der Waals surface area contributed by atoms with Gasteiger partial charge in [-0.15, -0.1) is 10.2 Å². The summed E-state index contributed by atoms with van der Waals surface area (Å²) in [6.45, 7) is 102. The minimum Gasteiger partial charge on any atom is -0.512 e. The first-order chi connectivity index (χ1) is 58.9. The lowest BCUT2D eigenvalue weighted by atomic mass is 9.99. The second-order valence-corrected chi connectivity index (χ2v) is 39.6. The lowest BCUT2D eigenvalue weighted by molar-refractivity contribution is -0.821. The van der Waals surface area contributed by atoms with Crippen molar-refractivity contribution < 1.29 is 43.4 Å². The molecule has 129 heavy (non-hydrogen) atoms. The van der Waals surface area contributed by atoms with Crippen LogP contribution in [0.1, 0.15) is 447 Å². The summed E-state index contributed by atoms with van der Waals surface area (Å²) in [5.41, 5.74) is 24.4. The highest BCUT2D eigenvalue weighted by Crippen LogP contribution is 2.18. The first-order valence-corrected chi connectivity index (χ1v) is 47.2. The van der Waals surface area contributed by atoms with Gasteiger partial charge in [0.05, 0.1) is 32.7 Å². The van der Waals surface area contributed by atoms with Crippen LogP contribution in [0.3, 0.4) is 0 Å². The molecule has 0 radical (unpaired) electrons. The van der Waals surface area contributed by atoms with Gasteiger partial charge in [0.15, 0.2) is 12.4 Å². The molecule has 1 aliphatic heterocycles. The Kier molecular flexibility index (Phi) is 79.3. The Morgan fingerprint density at radius 3 is 0.868 bits per heavy atom. The molecule has 0 bridgehead atoms. The third kappa shape index (κ3) is 79.6. The molecule has 4 amide bonds. The molecule has 0 aliphatic carbocycles. The van der Waals surface area contributed by atoms with Crippen LogP contribution in [0.5, 0.6) is 0 Å². The van der Waals surface area contributed by atoms with Crippen LogP contribution >= 0.6 is 0 Å². The van der Waals surface area contributed by atoms with Crippen LogP contribution < -0.4 is 43.2 Å². The van der Waals surface area contributed by atoms with Gasteiger partial charge in [-0.25, -0.2) is 9.97 Å². The lowest BCUT2D eigenvalue weighted by Crippen LogP contribution is -2.41. The number of nitrogens with two attached hydrogens (primary N) is 4. The number of carbonyl (C=O) groups is 5. The molecule has 0 atom stereocenters. The molecule has 0 saturated carbocycles. The molecule has 750 valence electrons. The highest BCUT2D eigenvalue weighted by molar-refractivity contribution is 5.87. The van der Waals surface area contributed by atoms with Crippen molar-refractivity contribution in [2.75, 3.05) is 6.54 Å². The van der Waals surface area contributed by atoms with Gasteiger partial charge in [0, 0.05) is 137 Å². The number of Topliss-reactive ketones (excluding diaryl/α,β-unsaturated/α-hetero) is 1. The summed E-state index contributed by atoms with van der Waals surface area (Å²) >= 11 is 0. The summed E-state index contributed by atoms with van der Waals surface area (Å²) in [5.74, 6) is 13.1. The number of nitrogens with one attached hydrogen (secondary N) is 7. The molecule has 5 aromatic heterocycles. The molecule has 0 spiro atoms. The van der Waals surface area contributed by atoms with E-state index in [-0.39, 0.29) is 71.2 Å². The molecule has 0 unspecified atom stereocenters. The number of aliphatic hydroxyl groups is 1. The Morgan fingerprint density at radius 2 is 0.752 bits per heavy atom. The van der Waals surface area contributed by atoms with Crippen LogP contribution in [0.4, 0.5) is 0 Å². The average molecular weight is 1830 g/mol. The normalized spacial score (nSPS) is 11.9. The number of allylic oxidation sites excluding steroid dienone is 2. The molecule has 1 aliphatic rings. The summed E-state index contributed by atoms with van der Waals surface area (Å²) in [7, 11) is 0. The molecule has 0 aromatic carbocycles. The van der Waals surface area contributed by atoms with Crippen LogP contribution in [0.25, 0.3) is 0 Å². The number of tetrazole rings is 3. The van der Waals surface area contributed by atoms with Gasteiger partial charge < -0.3 is 48.6 Å². The van der Waals surface area contributed by atoms with E-state index in [0.29, 0.717) is 113 Å². The van der Waals surface area contributed by atoms with E-state index in [1.54, 1.807) is 37.3 Å². The zero-order chi connectivity index (χ0) is 103. The van der Waals surface area contributed by atoms with Crippen LogP contribution in [-0.2, 0) is 24.0 Å². The lowest BCUT2D eigenvalue weighted by Gasteiger charge is -2.09. The molecule has 33 nitrogen and oxygen atoms in total. The summed E-state index contributed by atoms with van der Waals surface area (Å²) in [5, 5.41) is 58.6. The smallest absolute Gasteiger partial charge is 0.310 e. The number of ketones is 1. The Labute approximate surface area is 784 Å². The predicted octanol–water partition coefficient (Wildman–Crippen LogP) is 19.5. The Bertz CT molecular complexity index is 3310. The quantitative estimate of drug-likeness (QED) is 0.0106. The number of amidine groups is 2. The topological polar surface area (TPSA) is 489 Å². The second-order valence-electron chi connectivity index (χ2n) is 39.6. The van der Waals surface area contributed by atoms with E-state index in [9.17, 15) is 24.0 Å². The fraction of sp³-hybridized carbons (Fsp3) is 0.802. The largest absolute Gasteiger partial charge is 0.512 e. The number of aromatic amines is 5. The van der Waals surface area contributed by atoms with Crippen molar-refractivity contribution >= 4 is 46.8 Å². The van der Waals surface area contributed by atoms with Crippen LogP contribution in [0.15, 0.2) is 44.5 Å². The van der Waals surface area contributed by atoms with Gasteiger partial charge in [-0.1, -0.05) is 264 Å². The average Bonchev–Trinajstić information content (AvgIpc) is 1.77. The highest BCUT2D eigenvalue weighted by Gasteiger charge is 2.25. The number of amides is 4. The Balaban J connectivity index is -0.000000204. The molecule has 0 fully saturated rings. The maximum atomic E-state index is 11.0. The maximum absolute atomic E-state index is 11.0. The molecule has 6 rings (SSSR count). The van der Waals surface area contributed by atoms with Crippen molar-refractivity contribution in [1.29, 1.82) is 0 Å². The van der Waals surface area contributed by atoms with Crippen LogP contribution in [0.2, 0.25) is 0 Å². The van der Waals surface area contributed by atoms with Crippen molar-refractivity contribution in [3.05, 3.63) is 64.7 Å². The minimum atomic E-state index is -0.241. The molecule has 0 saturated heterocycles. The monoisotopic (exact) mass is 1830 g/mol. The molecular weight excluding hydrogens is 1630 g/mol. The number of rotatable bonds is 26. The van der Waals surface area contributed by atoms with E-state index in [2.05, 4.69) is 268 Å². The third-order valence-corrected chi connectivity index (χ3v) is 16.7. The highest BCUT2D eigenvalue weighted by atomic mass is 16.3. The first kappa shape index (κ1) is 135. The maximum Gasteiger partial charge on any atom is 0.310 e. The van der Waals surface area contributed by atoms with Gasteiger partial charge in [0.1, 0.15) is 40.8 Å². The summed E-state index contributed by atoms with van der Waals surface area (Å²) in [4.78, 5) is 79.5. The van der Waals surface area contributed by atoms with Gasteiger partial charge in [0.2, 0.25) is 29.3 Å². The van der Waals surface area contributed by atoms with Crippen LogP contribution in [0, 0.1) is 65.1 Å². The molecular formula is C96H198N27O6+3. The summed E-state index contributed by atoms with van der Waals surface area (Å²) in [6.07, 6.45) is 6.47. The molecule has 5 aromatic rings. The number of hydrogen-bond acceptors (Lipinski definition) is 19. The number of imidazole rings is 2. The SMILES string of the molecule is CC(C)/C=C(\O)C(C)C.CC(C)C(N)=O.CC(C)C(N)=O.CC(C)C1=NN=[N+](C(C)C)C1.CC(C)CC(=O)C(C)C.CC(C)N=C(N)C(C)C.CC(C)N=C(N)C(C)C.CC(C)NC(=O)C(C)C.CC(C)NC(=O)C(C)C.CC(C)c1cnc(C(C)C)[nH]1.CC(C)c1cnc(C(C)C)[nH]1.CC(C)c1n[nH][n+](C(C)C)n1.CC(C)c1n[nH][n+](C(C)C)n1.CC(C)c1nn[nH]n1. The zero-order valence-electron chi connectivity index (χ0n) is 91.0. The minimum absolute atomic E-state index is 0.00926. The molecule has 6 heterocycles. The van der Waals surface area contributed by atoms with E-state index in [1.165, 1.54) is 17.1 Å². The van der Waals surface area contributed by atoms with E-state index in [4.69, 9.17) is 28.0 Å². The standard InChI is InChI=1S/2C9H16N2.C8H16N3.2C8H16O.2C7H14N4.2C7H16N2.2C7H15NO.C4H8N4.2C4H9NO/c2*1-6(2)8-5-10-9(11-8)7(3)4;1-6(2)8-5-11(7(3)4)10-9-8;2*1-6(2)5-8(9)7(3)4;2*1-5(2)7-8-10-11(9-7)6(3)4;2*1-5(2)7(8)9-6(3)4;2*1-5(2)7(9)8-6(3)4;1-3(2)4-5-7-8-6-4;2*1-3(2)4(5)6/h2*5-7H,1-4H3,(H,10,11);6-7H,5H2,1-4H3;6-7H,5H2,1-4H3;5-7,9H,1-4H3;2*5-6H,1-4H3;2*5-6H,1-4H3,(H2,8,9);2*5-6H,1-4H3,(H,8,9);3H,1-2H3,(H,5,6,7,8);2*3H,1-2H3,(H2,5,6)/q;;+1;;;;;;;;;;;/p+2/b;;;;8-5-;;;;;;;;;. The number of nitrogens with zero attached hydrogens (tertiary/aromatic N) is 16. The number of hydrogen-bond donors (Lipinski definition) is 12. The van der Waals surface area contributed by atoms with Gasteiger partial charge in [0.25, 0.3) is 0 Å². The first-order valence-electron chi connectivity index (χ1n) is 47.2. The second kappa shape index (κ2) is 75.6.